The maximum Gasteiger partial charge on any atom is 0.259 e. The SMILES string of the molecule is C[C@@H]1CCN(C(=O)c2cc(S(=O)(=O)N(C)C)ccc2Cl)c2ccccc2S1. The predicted octanol–water partition coefficient (Wildman–Crippen LogP) is 4.12. The highest BCUT2D eigenvalue weighted by atomic mass is 35.5. The van der Waals surface area contributed by atoms with Crippen LogP contribution in [0.3, 0.4) is 0 Å². The Balaban J connectivity index is 2.06. The molecule has 1 amide bonds. The number of carbonyl (C=O) groups is 1. The van der Waals surface area contributed by atoms with E-state index in [-0.39, 0.29) is 21.4 Å². The van der Waals surface area contributed by atoms with Crippen LogP contribution in [0.2, 0.25) is 5.02 Å². The van der Waals surface area contributed by atoms with Gasteiger partial charge in [0.25, 0.3) is 5.91 Å². The van der Waals surface area contributed by atoms with Crippen molar-refractivity contribution in [3.63, 3.8) is 0 Å². The molecule has 1 atom stereocenters. The number of fused-ring (bicyclic) bond motifs is 1. The Bertz CT molecular complexity index is 977. The third kappa shape index (κ3) is 4.01. The van der Waals surface area contributed by atoms with Gasteiger partial charge in [-0.1, -0.05) is 30.7 Å². The molecule has 0 saturated carbocycles. The zero-order valence-electron chi connectivity index (χ0n) is 15.3. The Kier molecular flexibility index (Phi) is 5.86. The molecule has 0 saturated heterocycles. The van der Waals surface area contributed by atoms with E-state index >= 15 is 0 Å². The molecule has 2 aromatic carbocycles. The van der Waals surface area contributed by atoms with E-state index < -0.39 is 10.0 Å². The molecule has 1 aliphatic heterocycles. The number of amides is 1. The minimum Gasteiger partial charge on any atom is -0.307 e. The molecule has 0 N–H and O–H groups in total. The molecule has 27 heavy (non-hydrogen) atoms. The summed E-state index contributed by atoms with van der Waals surface area (Å²) >= 11 is 8.01. The summed E-state index contributed by atoms with van der Waals surface area (Å²) < 4.78 is 26.0. The minimum absolute atomic E-state index is 0.0473. The van der Waals surface area contributed by atoms with Gasteiger partial charge in [0.15, 0.2) is 0 Å². The lowest BCUT2D eigenvalue weighted by Gasteiger charge is -2.23. The predicted molar refractivity (Wildman–Crippen MR) is 110 cm³/mol. The van der Waals surface area contributed by atoms with E-state index in [1.165, 1.54) is 32.3 Å². The van der Waals surface area contributed by atoms with E-state index in [9.17, 15) is 13.2 Å². The third-order valence-corrected chi connectivity index (χ3v) is 7.81. The van der Waals surface area contributed by atoms with Crippen LogP contribution in [-0.2, 0) is 10.0 Å². The molecule has 0 radical (unpaired) electrons. The maximum absolute atomic E-state index is 13.3. The fourth-order valence-corrected chi connectivity index (χ4v) is 5.12. The van der Waals surface area contributed by atoms with Gasteiger partial charge >= 0.3 is 0 Å². The number of halogens is 1. The first-order valence-corrected chi connectivity index (χ1v) is 11.2. The van der Waals surface area contributed by atoms with Gasteiger partial charge in [0.1, 0.15) is 0 Å². The molecule has 2 aromatic rings. The van der Waals surface area contributed by atoms with Gasteiger partial charge in [0, 0.05) is 30.8 Å². The number of nitrogens with zero attached hydrogens (tertiary/aromatic N) is 2. The Labute approximate surface area is 169 Å². The topological polar surface area (TPSA) is 57.7 Å². The van der Waals surface area contributed by atoms with Crippen molar-refractivity contribution >= 4 is 45.0 Å². The van der Waals surface area contributed by atoms with Gasteiger partial charge in [-0.2, -0.15) is 0 Å². The van der Waals surface area contributed by atoms with Gasteiger partial charge in [-0.05, 0) is 36.8 Å². The van der Waals surface area contributed by atoms with Crippen LogP contribution in [0.1, 0.15) is 23.7 Å². The molecule has 1 aliphatic rings. The van der Waals surface area contributed by atoms with Crippen LogP contribution < -0.4 is 4.90 Å². The van der Waals surface area contributed by atoms with E-state index in [1.807, 2.05) is 24.3 Å². The van der Waals surface area contributed by atoms with Crippen molar-refractivity contribution < 1.29 is 13.2 Å². The molecule has 8 heteroatoms. The smallest absolute Gasteiger partial charge is 0.259 e. The van der Waals surface area contributed by atoms with Gasteiger partial charge in [0.2, 0.25) is 10.0 Å². The van der Waals surface area contributed by atoms with Gasteiger partial charge in [-0.3, -0.25) is 4.79 Å². The van der Waals surface area contributed by atoms with E-state index in [0.717, 1.165) is 21.3 Å². The molecule has 0 unspecified atom stereocenters. The quantitative estimate of drug-likeness (QED) is 0.743. The van der Waals surface area contributed by atoms with Crippen LogP contribution in [0.25, 0.3) is 0 Å². The molecule has 144 valence electrons. The number of rotatable bonds is 3. The lowest BCUT2D eigenvalue weighted by atomic mass is 10.1. The molecule has 5 nitrogen and oxygen atoms in total. The lowest BCUT2D eigenvalue weighted by Crippen LogP contribution is -2.32. The Hall–Kier alpha value is -1.54. The number of hydrogen-bond donors (Lipinski definition) is 0. The zero-order valence-corrected chi connectivity index (χ0v) is 17.7. The van der Waals surface area contributed by atoms with Crippen molar-refractivity contribution in [2.45, 2.75) is 28.4 Å². The van der Waals surface area contributed by atoms with E-state index in [1.54, 1.807) is 16.7 Å². The summed E-state index contributed by atoms with van der Waals surface area (Å²) in [5.74, 6) is -0.294. The molecular formula is C19H21ClN2O3S2. The summed E-state index contributed by atoms with van der Waals surface area (Å²) in [5, 5.41) is 0.611. The van der Waals surface area contributed by atoms with E-state index in [4.69, 9.17) is 11.6 Å². The van der Waals surface area contributed by atoms with Crippen molar-refractivity contribution in [2.75, 3.05) is 25.5 Å². The zero-order chi connectivity index (χ0) is 19.8. The first kappa shape index (κ1) is 20.2. The number of anilines is 1. The Morgan fingerprint density at radius 3 is 2.63 bits per heavy atom. The molecule has 0 fully saturated rings. The number of hydrogen-bond acceptors (Lipinski definition) is 4. The Morgan fingerprint density at radius 2 is 1.93 bits per heavy atom. The van der Waals surface area contributed by atoms with Gasteiger partial charge in [0.05, 0.1) is 21.2 Å². The third-order valence-electron chi connectivity index (χ3n) is 4.44. The second-order valence-electron chi connectivity index (χ2n) is 6.57. The van der Waals surface area contributed by atoms with Gasteiger partial charge < -0.3 is 4.90 Å². The highest BCUT2D eigenvalue weighted by Gasteiger charge is 2.28. The molecule has 0 spiro atoms. The van der Waals surface area contributed by atoms with Gasteiger partial charge in [-0.25, -0.2) is 12.7 Å². The molecule has 0 aromatic heterocycles. The molecule has 1 heterocycles. The summed E-state index contributed by atoms with van der Waals surface area (Å²) in [6, 6.07) is 12.0. The van der Waals surface area contributed by atoms with Crippen LogP contribution in [0.5, 0.6) is 0 Å². The van der Waals surface area contributed by atoms with Crippen molar-refractivity contribution in [2.24, 2.45) is 0 Å². The van der Waals surface area contributed by atoms with Gasteiger partial charge in [-0.15, -0.1) is 11.8 Å². The van der Waals surface area contributed by atoms with Crippen LogP contribution in [0.15, 0.2) is 52.3 Å². The second kappa shape index (κ2) is 7.83. The highest BCUT2D eigenvalue weighted by Crippen LogP contribution is 2.38. The molecule has 0 bridgehead atoms. The van der Waals surface area contributed by atoms with Crippen molar-refractivity contribution in [3.8, 4) is 0 Å². The van der Waals surface area contributed by atoms with Crippen LogP contribution >= 0.6 is 23.4 Å². The fourth-order valence-electron chi connectivity index (χ4n) is 2.88. The molecular weight excluding hydrogens is 404 g/mol. The monoisotopic (exact) mass is 424 g/mol. The summed E-state index contributed by atoms with van der Waals surface area (Å²) in [5.41, 5.74) is 1.02. The summed E-state index contributed by atoms with van der Waals surface area (Å²) in [7, 11) is -0.750. The first-order valence-electron chi connectivity index (χ1n) is 8.51. The normalized spacial score (nSPS) is 17.5. The number of para-hydroxylation sites is 1. The van der Waals surface area contributed by atoms with Crippen LogP contribution in [0.4, 0.5) is 5.69 Å². The van der Waals surface area contributed by atoms with E-state index in [2.05, 4.69) is 6.92 Å². The second-order valence-corrected chi connectivity index (χ2v) is 10.6. The molecule has 3 rings (SSSR count). The standard InChI is InChI=1S/C19H21ClN2O3S2/c1-13-10-11-22(17-6-4-5-7-18(17)26-13)19(23)15-12-14(8-9-16(15)20)27(24,25)21(2)3/h4-9,12-13H,10-11H2,1-3H3/t13-/m1/s1. The summed E-state index contributed by atoms with van der Waals surface area (Å²) in [6.07, 6.45) is 0.832. The largest absolute Gasteiger partial charge is 0.307 e. The number of carbonyl (C=O) groups excluding carboxylic acids is 1. The lowest BCUT2D eigenvalue weighted by molar-refractivity contribution is 0.0986. The van der Waals surface area contributed by atoms with E-state index in [0.29, 0.717) is 11.8 Å². The first-order chi connectivity index (χ1) is 12.7. The van der Waals surface area contributed by atoms with Crippen LogP contribution in [-0.4, -0.2) is 44.5 Å². The van der Waals surface area contributed by atoms with Crippen LogP contribution in [0, 0.1) is 0 Å². The van der Waals surface area contributed by atoms with Crippen molar-refractivity contribution in [3.05, 3.63) is 53.1 Å². The average Bonchev–Trinajstić information content (AvgIpc) is 2.79. The maximum atomic E-state index is 13.3. The minimum atomic E-state index is -3.66. The van der Waals surface area contributed by atoms with Crippen molar-refractivity contribution in [1.82, 2.24) is 4.31 Å². The fraction of sp³-hybridized carbons (Fsp3) is 0.316. The number of benzene rings is 2. The number of sulfonamides is 1. The number of thioether (sulfide) groups is 1. The summed E-state index contributed by atoms with van der Waals surface area (Å²) in [6.45, 7) is 2.68. The highest BCUT2D eigenvalue weighted by molar-refractivity contribution is 8.00. The van der Waals surface area contributed by atoms with Crippen molar-refractivity contribution in [1.29, 1.82) is 0 Å². The molecule has 0 aliphatic carbocycles. The average molecular weight is 425 g/mol. The Morgan fingerprint density at radius 1 is 1.22 bits per heavy atom. The summed E-state index contributed by atoms with van der Waals surface area (Å²) in [4.78, 5) is 16.1.